The van der Waals surface area contributed by atoms with E-state index in [0.717, 1.165) is 0 Å². The second kappa shape index (κ2) is 4.89. The van der Waals surface area contributed by atoms with E-state index in [1.165, 1.54) is 24.3 Å². The zero-order valence-corrected chi connectivity index (χ0v) is 8.70. The van der Waals surface area contributed by atoms with Crippen LogP contribution in [0.4, 0.5) is 4.39 Å². The van der Waals surface area contributed by atoms with Crippen LogP contribution in [0.2, 0.25) is 0 Å². The highest BCUT2D eigenvalue weighted by Crippen LogP contribution is 2.14. The van der Waals surface area contributed by atoms with Crippen LogP contribution in [0.25, 0.3) is 0 Å². The smallest absolute Gasteiger partial charge is 0.325 e. The van der Waals surface area contributed by atoms with Gasteiger partial charge in [-0.15, -0.1) is 0 Å². The maximum absolute atomic E-state index is 12.6. The SMILES string of the molecule is CC(C)NC(C(=O)O)c1ccc(F)cc1. The van der Waals surface area contributed by atoms with Gasteiger partial charge in [0.15, 0.2) is 0 Å². The van der Waals surface area contributed by atoms with Gasteiger partial charge in [0.25, 0.3) is 0 Å². The van der Waals surface area contributed by atoms with Crippen molar-refractivity contribution < 1.29 is 14.3 Å². The molecule has 0 saturated carbocycles. The Labute approximate surface area is 87.9 Å². The molecular weight excluding hydrogens is 197 g/mol. The lowest BCUT2D eigenvalue weighted by molar-refractivity contribution is -0.139. The highest BCUT2D eigenvalue weighted by atomic mass is 19.1. The largest absolute Gasteiger partial charge is 0.480 e. The molecule has 2 N–H and O–H groups in total. The summed E-state index contributed by atoms with van der Waals surface area (Å²) in [5.41, 5.74) is 0.553. The summed E-state index contributed by atoms with van der Waals surface area (Å²) in [6, 6.07) is 4.73. The van der Waals surface area contributed by atoms with E-state index in [1.54, 1.807) is 0 Å². The van der Waals surface area contributed by atoms with Gasteiger partial charge >= 0.3 is 5.97 Å². The van der Waals surface area contributed by atoms with E-state index >= 15 is 0 Å². The van der Waals surface area contributed by atoms with Crippen molar-refractivity contribution in [1.82, 2.24) is 5.32 Å². The third kappa shape index (κ3) is 3.32. The first-order valence-electron chi connectivity index (χ1n) is 4.75. The van der Waals surface area contributed by atoms with Crippen molar-refractivity contribution in [2.45, 2.75) is 25.9 Å². The number of carboxylic acid groups (broad SMARTS) is 1. The molecule has 0 aliphatic heterocycles. The van der Waals surface area contributed by atoms with E-state index in [-0.39, 0.29) is 11.9 Å². The molecule has 4 heteroatoms. The number of carboxylic acids is 1. The number of hydrogen-bond acceptors (Lipinski definition) is 2. The standard InChI is InChI=1S/C11H14FNO2/c1-7(2)13-10(11(14)15)8-3-5-9(12)6-4-8/h3-7,10,13H,1-2H3,(H,14,15). The minimum Gasteiger partial charge on any atom is -0.480 e. The zero-order chi connectivity index (χ0) is 11.4. The van der Waals surface area contributed by atoms with Gasteiger partial charge in [-0.1, -0.05) is 12.1 Å². The lowest BCUT2D eigenvalue weighted by Gasteiger charge is -2.17. The number of aliphatic carboxylic acids is 1. The molecule has 0 spiro atoms. The van der Waals surface area contributed by atoms with Crippen molar-refractivity contribution in [2.24, 2.45) is 0 Å². The van der Waals surface area contributed by atoms with Crippen LogP contribution in [-0.4, -0.2) is 17.1 Å². The second-order valence-corrected chi connectivity index (χ2v) is 3.64. The zero-order valence-electron chi connectivity index (χ0n) is 8.70. The summed E-state index contributed by atoms with van der Waals surface area (Å²) in [5, 5.41) is 11.9. The minimum atomic E-state index is -0.963. The topological polar surface area (TPSA) is 49.3 Å². The Balaban J connectivity index is 2.89. The van der Waals surface area contributed by atoms with Crippen molar-refractivity contribution in [3.63, 3.8) is 0 Å². The van der Waals surface area contributed by atoms with Crippen LogP contribution in [0.15, 0.2) is 24.3 Å². The monoisotopic (exact) mass is 211 g/mol. The van der Waals surface area contributed by atoms with Crippen molar-refractivity contribution in [3.8, 4) is 0 Å². The molecular formula is C11H14FNO2. The molecule has 1 atom stereocenters. The van der Waals surface area contributed by atoms with Crippen LogP contribution < -0.4 is 5.32 Å². The Morgan fingerprint density at radius 2 is 1.87 bits per heavy atom. The van der Waals surface area contributed by atoms with E-state index in [0.29, 0.717) is 5.56 Å². The molecule has 0 heterocycles. The van der Waals surface area contributed by atoms with Gasteiger partial charge in [-0.2, -0.15) is 0 Å². The number of hydrogen-bond donors (Lipinski definition) is 2. The summed E-state index contributed by atoms with van der Waals surface area (Å²) in [5.74, 6) is -1.33. The molecule has 3 nitrogen and oxygen atoms in total. The van der Waals surface area contributed by atoms with Crippen molar-refractivity contribution in [1.29, 1.82) is 0 Å². The van der Waals surface area contributed by atoms with Gasteiger partial charge in [0.05, 0.1) is 0 Å². The molecule has 1 aromatic carbocycles. The number of rotatable bonds is 4. The fourth-order valence-electron chi connectivity index (χ4n) is 1.30. The molecule has 15 heavy (non-hydrogen) atoms. The third-order valence-corrected chi connectivity index (χ3v) is 1.95. The van der Waals surface area contributed by atoms with E-state index in [9.17, 15) is 9.18 Å². The molecule has 0 aliphatic rings. The third-order valence-electron chi connectivity index (χ3n) is 1.95. The van der Waals surface area contributed by atoms with Gasteiger partial charge in [0.1, 0.15) is 11.9 Å². The van der Waals surface area contributed by atoms with Crippen LogP contribution in [0.5, 0.6) is 0 Å². The summed E-state index contributed by atoms with van der Waals surface area (Å²) >= 11 is 0. The van der Waals surface area contributed by atoms with Crippen molar-refractivity contribution >= 4 is 5.97 Å². The molecule has 0 amide bonds. The van der Waals surface area contributed by atoms with E-state index in [2.05, 4.69) is 5.32 Å². The molecule has 1 rings (SSSR count). The lowest BCUT2D eigenvalue weighted by atomic mass is 10.1. The first-order valence-corrected chi connectivity index (χ1v) is 4.75. The Hall–Kier alpha value is -1.42. The van der Waals surface area contributed by atoms with E-state index in [4.69, 9.17) is 5.11 Å². The van der Waals surface area contributed by atoms with Crippen molar-refractivity contribution in [2.75, 3.05) is 0 Å². The van der Waals surface area contributed by atoms with Crippen LogP contribution in [-0.2, 0) is 4.79 Å². The Morgan fingerprint density at radius 1 is 1.33 bits per heavy atom. The highest BCUT2D eigenvalue weighted by molar-refractivity contribution is 5.75. The molecule has 1 unspecified atom stereocenters. The second-order valence-electron chi connectivity index (χ2n) is 3.64. The minimum absolute atomic E-state index is 0.0520. The van der Waals surface area contributed by atoms with Crippen LogP contribution in [0.3, 0.4) is 0 Å². The van der Waals surface area contributed by atoms with Crippen LogP contribution in [0, 0.1) is 5.82 Å². The van der Waals surface area contributed by atoms with Crippen molar-refractivity contribution in [3.05, 3.63) is 35.6 Å². The van der Waals surface area contributed by atoms with Gasteiger partial charge in [0, 0.05) is 6.04 Å². The number of halogens is 1. The number of benzene rings is 1. The molecule has 0 fully saturated rings. The number of nitrogens with one attached hydrogen (secondary N) is 1. The first kappa shape index (κ1) is 11.7. The molecule has 0 saturated heterocycles. The number of carbonyl (C=O) groups is 1. The van der Waals surface area contributed by atoms with E-state index in [1.807, 2.05) is 13.8 Å². The summed E-state index contributed by atoms with van der Waals surface area (Å²) in [7, 11) is 0. The van der Waals surface area contributed by atoms with Gasteiger partial charge in [-0.25, -0.2) is 4.39 Å². The Morgan fingerprint density at radius 3 is 2.27 bits per heavy atom. The molecule has 1 aromatic rings. The molecule has 0 aromatic heterocycles. The maximum atomic E-state index is 12.6. The van der Waals surface area contributed by atoms with Gasteiger partial charge in [-0.05, 0) is 31.5 Å². The summed E-state index contributed by atoms with van der Waals surface area (Å²) < 4.78 is 12.6. The average molecular weight is 211 g/mol. The van der Waals surface area contributed by atoms with Gasteiger partial charge in [0.2, 0.25) is 0 Å². The molecule has 0 aliphatic carbocycles. The van der Waals surface area contributed by atoms with E-state index < -0.39 is 12.0 Å². The molecule has 0 radical (unpaired) electrons. The van der Waals surface area contributed by atoms with Gasteiger partial charge < -0.3 is 5.11 Å². The van der Waals surface area contributed by atoms with Gasteiger partial charge in [-0.3, -0.25) is 10.1 Å². The summed E-state index contributed by atoms with van der Waals surface area (Å²) in [6.07, 6.45) is 0. The molecule has 0 bridgehead atoms. The highest BCUT2D eigenvalue weighted by Gasteiger charge is 2.19. The Bertz CT molecular complexity index is 335. The lowest BCUT2D eigenvalue weighted by Crippen LogP contribution is -2.33. The van der Waals surface area contributed by atoms with Crippen LogP contribution in [0.1, 0.15) is 25.5 Å². The Kier molecular flexibility index (Phi) is 3.80. The average Bonchev–Trinajstić information content (AvgIpc) is 2.15. The fourth-order valence-corrected chi connectivity index (χ4v) is 1.30. The maximum Gasteiger partial charge on any atom is 0.325 e. The summed E-state index contributed by atoms with van der Waals surface area (Å²) in [6.45, 7) is 3.72. The predicted octanol–water partition coefficient (Wildman–Crippen LogP) is 1.95. The fraction of sp³-hybridized carbons (Fsp3) is 0.364. The molecule has 82 valence electrons. The normalized spacial score (nSPS) is 12.8. The first-order chi connectivity index (χ1) is 7.00. The summed E-state index contributed by atoms with van der Waals surface area (Å²) in [4.78, 5) is 11.0. The quantitative estimate of drug-likeness (QED) is 0.800. The van der Waals surface area contributed by atoms with Crippen LogP contribution >= 0.6 is 0 Å². The predicted molar refractivity (Wildman–Crippen MR) is 55.0 cm³/mol.